The number of nitrogen functional groups attached to an aromatic ring is 1. The zero-order valence-electron chi connectivity index (χ0n) is 18.4. The van der Waals surface area contributed by atoms with Crippen molar-refractivity contribution >= 4 is 31.6 Å². The number of aromatic nitrogens is 2. The van der Waals surface area contributed by atoms with Gasteiger partial charge in [0.15, 0.2) is 5.69 Å². The SMILES string of the molecule is COC(=O)C(C)NP(=O)(OC[C@@H]1C=C[C@H](C2C=Nc3c2nc(N)[nH]c3=O)O1)Oc1ccccc1. The fourth-order valence-corrected chi connectivity index (χ4v) is 5.00. The molecule has 3 heterocycles. The highest BCUT2D eigenvalue weighted by Crippen LogP contribution is 2.45. The van der Waals surface area contributed by atoms with Gasteiger partial charge in [0.1, 0.15) is 17.9 Å². The molecular formula is C21H24N5O7P. The van der Waals surface area contributed by atoms with Gasteiger partial charge in [-0.3, -0.25) is 24.1 Å². The van der Waals surface area contributed by atoms with Gasteiger partial charge in [0, 0.05) is 6.21 Å². The van der Waals surface area contributed by atoms with Crippen LogP contribution in [0.15, 0.2) is 52.3 Å². The number of rotatable bonds is 9. The van der Waals surface area contributed by atoms with Crippen molar-refractivity contribution in [3.63, 3.8) is 0 Å². The number of ether oxygens (including phenoxy) is 2. The molecule has 0 spiro atoms. The average molecular weight is 489 g/mol. The number of methoxy groups -OCH3 is 1. The molecule has 0 amide bonds. The van der Waals surface area contributed by atoms with Gasteiger partial charge in [-0.1, -0.05) is 30.4 Å². The first-order valence-electron chi connectivity index (χ1n) is 10.4. The van der Waals surface area contributed by atoms with Gasteiger partial charge >= 0.3 is 13.7 Å². The molecule has 0 saturated carbocycles. The van der Waals surface area contributed by atoms with Gasteiger partial charge in [-0.2, -0.15) is 5.09 Å². The van der Waals surface area contributed by atoms with E-state index in [9.17, 15) is 14.2 Å². The van der Waals surface area contributed by atoms with E-state index in [1.807, 2.05) is 0 Å². The second-order valence-electron chi connectivity index (χ2n) is 7.58. The zero-order valence-corrected chi connectivity index (χ0v) is 19.3. The van der Waals surface area contributed by atoms with E-state index in [1.54, 1.807) is 48.7 Å². The van der Waals surface area contributed by atoms with Gasteiger partial charge < -0.3 is 19.7 Å². The first-order chi connectivity index (χ1) is 16.3. The highest BCUT2D eigenvalue weighted by molar-refractivity contribution is 7.52. The third-order valence-electron chi connectivity index (χ3n) is 5.11. The summed E-state index contributed by atoms with van der Waals surface area (Å²) in [6, 6.07) is 7.47. The molecule has 4 N–H and O–H groups in total. The number of nitrogens with two attached hydrogens (primary N) is 1. The van der Waals surface area contributed by atoms with Gasteiger partial charge in [0.2, 0.25) is 5.95 Å². The van der Waals surface area contributed by atoms with E-state index in [-0.39, 0.29) is 18.2 Å². The number of aliphatic imine (C=N–C) groups is 1. The number of anilines is 1. The smallest absolute Gasteiger partial charge is 0.459 e. The van der Waals surface area contributed by atoms with Crippen LogP contribution >= 0.6 is 7.75 Å². The summed E-state index contributed by atoms with van der Waals surface area (Å²) in [6.07, 6.45) is 4.04. The summed E-state index contributed by atoms with van der Waals surface area (Å²) in [5.74, 6) is -0.751. The highest BCUT2D eigenvalue weighted by atomic mass is 31.2. The molecule has 12 nitrogen and oxygen atoms in total. The maximum atomic E-state index is 13.4. The lowest BCUT2D eigenvalue weighted by atomic mass is 10.0. The highest BCUT2D eigenvalue weighted by Gasteiger charge is 2.37. The Morgan fingerprint density at radius 3 is 2.82 bits per heavy atom. The number of aromatic amines is 1. The third kappa shape index (κ3) is 5.26. The Morgan fingerprint density at radius 2 is 2.09 bits per heavy atom. The van der Waals surface area contributed by atoms with Crippen LogP contribution in [-0.4, -0.2) is 54.1 Å². The Kier molecular flexibility index (Phi) is 6.94. The third-order valence-corrected chi connectivity index (χ3v) is 6.75. The van der Waals surface area contributed by atoms with Crippen LogP contribution in [0, 0.1) is 0 Å². The van der Waals surface area contributed by atoms with E-state index < -0.39 is 43.4 Å². The van der Waals surface area contributed by atoms with Crippen LogP contribution in [0.2, 0.25) is 0 Å². The number of H-pyrrole nitrogens is 1. The predicted molar refractivity (Wildman–Crippen MR) is 123 cm³/mol. The molecule has 2 aliphatic rings. The number of esters is 1. The normalized spacial score (nSPS) is 23.3. The molecule has 2 aliphatic heterocycles. The molecule has 4 rings (SSSR count). The molecule has 0 saturated heterocycles. The summed E-state index contributed by atoms with van der Waals surface area (Å²) in [7, 11) is -2.77. The molecule has 1 aromatic heterocycles. The lowest BCUT2D eigenvalue weighted by Crippen LogP contribution is -2.35. The largest absolute Gasteiger partial charge is 0.468 e. The Hall–Kier alpha value is -3.31. The lowest BCUT2D eigenvalue weighted by molar-refractivity contribution is -0.142. The molecule has 0 bridgehead atoms. The van der Waals surface area contributed by atoms with Crippen LogP contribution in [0.5, 0.6) is 5.75 Å². The molecule has 0 aliphatic carbocycles. The summed E-state index contributed by atoms with van der Waals surface area (Å²) in [6.45, 7) is 1.34. The van der Waals surface area contributed by atoms with Crippen molar-refractivity contribution in [2.24, 2.45) is 4.99 Å². The van der Waals surface area contributed by atoms with E-state index >= 15 is 0 Å². The molecule has 5 atom stereocenters. The molecule has 1 aromatic carbocycles. The number of nitrogens with zero attached hydrogens (tertiary/aromatic N) is 2. The Labute approximate surface area is 194 Å². The summed E-state index contributed by atoms with van der Waals surface area (Å²) < 4.78 is 35.3. The first kappa shape index (κ1) is 23.8. The second kappa shape index (κ2) is 9.90. The minimum atomic E-state index is -3.99. The number of hydrogen-bond acceptors (Lipinski definition) is 10. The summed E-state index contributed by atoms with van der Waals surface area (Å²) in [4.78, 5) is 34.6. The molecule has 180 valence electrons. The number of nitrogens with one attached hydrogen (secondary N) is 2. The second-order valence-corrected chi connectivity index (χ2v) is 9.28. The van der Waals surface area contributed by atoms with Crippen molar-refractivity contribution in [3.8, 4) is 5.75 Å². The summed E-state index contributed by atoms with van der Waals surface area (Å²) in [5.41, 5.74) is 5.85. The topological polar surface area (TPSA) is 167 Å². The number of carbonyl (C=O) groups excluding carboxylic acids is 1. The van der Waals surface area contributed by atoms with Crippen molar-refractivity contribution in [1.29, 1.82) is 0 Å². The standard InChI is InChI=1S/C21H24N5O7P/c1-12(20(28)30-2)26-34(29,33-13-6-4-3-5-7-13)31-11-14-8-9-16(32-14)15-10-23-18-17(15)24-21(22)25-19(18)27/h3-10,12,14-16H,11H2,1-2H3,(H,26,29)(H3,22,24,25,27)/t12?,14-,15?,16+,34?/m0/s1. The van der Waals surface area contributed by atoms with Crippen LogP contribution in [0.4, 0.5) is 11.6 Å². The minimum Gasteiger partial charge on any atom is -0.468 e. The van der Waals surface area contributed by atoms with Crippen LogP contribution < -0.4 is 20.9 Å². The number of carbonyl (C=O) groups is 1. The van der Waals surface area contributed by atoms with Gasteiger partial charge in [0.05, 0.1) is 31.4 Å². The predicted octanol–water partition coefficient (Wildman–Crippen LogP) is 1.83. The molecular weight excluding hydrogens is 465 g/mol. The molecule has 0 fully saturated rings. The molecule has 13 heteroatoms. The van der Waals surface area contributed by atoms with Gasteiger partial charge in [0.25, 0.3) is 5.56 Å². The number of fused-ring (bicyclic) bond motifs is 1. The Morgan fingerprint density at radius 1 is 1.32 bits per heavy atom. The molecule has 3 unspecified atom stereocenters. The van der Waals surface area contributed by atoms with E-state index in [1.165, 1.54) is 14.0 Å². The fraction of sp³-hybridized carbons (Fsp3) is 0.333. The van der Waals surface area contributed by atoms with Crippen LogP contribution in [0.1, 0.15) is 18.5 Å². The summed E-state index contributed by atoms with van der Waals surface area (Å²) >= 11 is 0. The Bertz CT molecular complexity index is 1220. The van der Waals surface area contributed by atoms with E-state index in [2.05, 4.69) is 24.8 Å². The minimum absolute atomic E-state index is 0.00842. The maximum absolute atomic E-state index is 13.4. The summed E-state index contributed by atoms with van der Waals surface area (Å²) in [5, 5.41) is 2.58. The molecule has 2 aromatic rings. The van der Waals surface area contributed by atoms with Gasteiger partial charge in [-0.15, -0.1) is 0 Å². The van der Waals surface area contributed by atoms with Crippen molar-refractivity contribution in [1.82, 2.24) is 15.1 Å². The number of hydrogen-bond donors (Lipinski definition) is 3. The van der Waals surface area contributed by atoms with Crippen molar-refractivity contribution in [2.75, 3.05) is 19.5 Å². The monoisotopic (exact) mass is 489 g/mol. The van der Waals surface area contributed by atoms with Crippen molar-refractivity contribution in [3.05, 3.63) is 58.5 Å². The van der Waals surface area contributed by atoms with E-state index in [4.69, 9.17) is 19.5 Å². The molecule has 0 radical (unpaired) electrons. The van der Waals surface area contributed by atoms with Crippen LogP contribution in [0.25, 0.3) is 0 Å². The van der Waals surface area contributed by atoms with Crippen molar-refractivity contribution in [2.45, 2.75) is 31.1 Å². The zero-order chi connectivity index (χ0) is 24.3. The Balaban J connectivity index is 1.42. The van der Waals surface area contributed by atoms with Crippen LogP contribution in [0.3, 0.4) is 0 Å². The fourth-order valence-electron chi connectivity index (χ4n) is 3.50. The first-order valence-corrected chi connectivity index (χ1v) is 11.9. The van der Waals surface area contributed by atoms with Gasteiger partial charge in [-0.25, -0.2) is 9.55 Å². The maximum Gasteiger partial charge on any atom is 0.459 e. The quantitative estimate of drug-likeness (QED) is 0.268. The number of para-hydroxylation sites is 1. The van der Waals surface area contributed by atoms with Crippen molar-refractivity contribution < 1.29 is 27.9 Å². The van der Waals surface area contributed by atoms with Crippen LogP contribution in [-0.2, 0) is 23.4 Å². The lowest BCUT2D eigenvalue weighted by Gasteiger charge is -2.24. The van der Waals surface area contributed by atoms with Gasteiger partial charge in [-0.05, 0) is 19.1 Å². The van der Waals surface area contributed by atoms with E-state index in [0.717, 1.165) is 0 Å². The molecule has 34 heavy (non-hydrogen) atoms. The number of benzene rings is 1. The van der Waals surface area contributed by atoms with E-state index in [0.29, 0.717) is 11.4 Å². The average Bonchev–Trinajstić information content (AvgIpc) is 3.44.